The molecule has 2 bridgehead atoms. The predicted octanol–water partition coefficient (Wildman–Crippen LogP) is 3.98. The number of nitrogens with zero attached hydrogens (tertiary/aromatic N) is 1. The molecule has 2 aliphatic carbocycles. The fourth-order valence-electron chi connectivity index (χ4n) is 5.60. The number of hydrogen-bond acceptors (Lipinski definition) is 7. The normalized spacial score (nSPS) is 24.4. The maximum atomic E-state index is 13.7. The Morgan fingerprint density at radius 3 is 2.44 bits per heavy atom. The van der Waals surface area contributed by atoms with Crippen molar-refractivity contribution in [3.05, 3.63) is 77.0 Å². The fourth-order valence-corrected chi connectivity index (χ4v) is 8.01. The molecule has 1 aromatic heterocycles. The van der Waals surface area contributed by atoms with E-state index in [-0.39, 0.29) is 58.3 Å². The first kappa shape index (κ1) is 27.2. The van der Waals surface area contributed by atoms with Crippen molar-refractivity contribution in [1.29, 1.82) is 0 Å². The number of benzene rings is 2. The SMILES string of the molecule is O=C(Nc1ccc(F)c(F)c1)c1ccc(Cl)c(S(=O)(=O)[C@H]2CC3CCC(C2)[C@]3(O)CNC(=O)c2ncco2)c1. The monoisotopic (exact) mass is 579 g/mol. The van der Waals surface area contributed by atoms with Crippen molar-refractivity contribution < 1.29 is 36.3 Å². The van der Waals surface area contributed by atoms with E-state index < -0.39 is 44.1 Å². The minimum Gasteiger partial charge on any atom is -0.441 e. The van der Waals surface area contributed by atoms with Crippen LogP contribution < -0.4 is 10.6 Å². The lowest BCUT2D eigenvalue weighted by Gasteiger charge is -2.42. The van der Waals surface area contributed by atoms with Crippen molar-refractivity contribution in [2.24, 2.45) is 11.8 Å². The highest BCUT2D eigenvalue weighted by atomic mass is 35.5. The molecule has 9 nitrogen and oxygen atoms in total. The summed E-state index contributed by atoms with van der Waals surface area (Å²) in [5.74, 6) is -4.43. The van der Waals surface area contributed by atoms with Gasteiger partial charge in [0.2, 0.25) is 0 Å². The lowest BCUT2D eigenvalue weighted by atomic mass is 9.74. The van der Waals surface area contributed by atoms with Gasteiger partial charge in [0.05, 0.1) is 27.0 Å². The second kappa shape index (κ2) is 10.3. The average molecular weight is 580 g/mol. The summed E-state index contributed by atoms with van der Waals surface area (Å²) in [7, 11) is -4.02. The third kappa shape index (κ3) is 5.15. The molecule has 2 aliphatic rings. The number of aliphatic hydroxyl groups is 1. The second-order valence-electron chi connectivity index (χ2n) is 9.85. The van der Waals surface area contributed by atoms with E-state index >= 15 is 0 Å². The number of anilines is 1. The fraction of sp³-hybridized carbons (Fsp3) is 0.346. The number of oxazole rings is 1. The van der Waals surface area contributed by atoms with Crippen LogP contribution in [0.2, 0.25) is 5.02 Å². The second-order valence-corrected chi connectivity index (χ2v) is 12.5. The molecule has 2 unspecified atom stereocenters. The standard InChI is InChI=1S/C26H24ClF2N3O6S/c27-19-5-1-14(23(33)32-17-4-6-20(28)21(29)12-17)9-22(19)39(36,37)18-10-15-2-3-16(11-18)26(15,35)13-31-24(34)25-30-7-8-38-25/h1,4-9,12,15-16,18,35H,2-3,10-11,13H2,(H,31,34)(H,32,33)/t15?,16?,18-,26-. The van der Waals surface area contributed by atoms with E-state index in [1.165, 1.54) is 30.7 Å². The Kier molecular flexibility index (Phi) is 7.21. The number of nitrogens with one attached hydrogen (secondary N) is 2. The van der Waals surface area contributed by atoms with Crippen LogP contribution in [0.25, 0.3) is 0 Å². The van der Waals surface area contributed by atoms with Crippen molar-refractivity contribution in [1.82, 2.24) is 10.3 Å². The quantitative estimate of drug-likeness (QED) is 0.385. The highest BCUT2D eigenvalue weighted by molar-refractivity contribution is 7.92. The van der Waals surface area contributed by atoms with Gasteiger partial charge in [-0.15, -0.1) is 0 Å². The Labute approximate surface area is 227 Å². The highest BCUT2D eigenvalue weighted by Gasteiger charge is 2.55. The zero-order valence-corrected chi connectivity index (χ0v) is 21.9. The van der Waals surface area contributed by atoms with Crippen LogP contribution in [0.4, 0.5) is 14.5 Å². The van der Waals surface area contributed by atoms with Gasteiger partial charge in [0, 0.05) is 23.9 Å². The van der Waals surface area contributed by atoms with Crippen molar-refractivity contribution in [2.75, 3.05) is 11.9 Å². The number of sulfone groups is 1. The summed E-state index contributed by atoms with van der Waals surface area (Å²) < 4.78 is 59.1. The molecule has 2 aromatic carbocycles. The van der Waals surface area contributed by atoms with Gasteiger partial charge >= 0.3 is 5.91 Å². The topological polar surface area (TPSA) is 139 Å². The molecule has 206 valence electrons. The van der Waals surface area contributed by atoms with E-state index in [1.54, 1.807) is 0 Å². The zero-order valence-electron chi connectivity index (χ0n) is 20.4. The number of carbonyl (C=O) groups is 2. The molecule has 2 fully saturated rings. The molecular weight excluding hydrogens is 556 g/mol. The summed E-state index contributed by atoms with van der Waals surface area (Å²) in [5.41, 5.74) is -1.33. The minimum absolute atomic E-state index is 0.00341. The number of aromatic nitrogens is 1. The van der Waals surface area contributed by atoms with Crippen molar-refractivity contribution >= 4 is 38.9 Å². The maximum Gasteiger partial charge on any atom is 0.307 e. The first-order valence-electron chi connectivity index (χ1n) is 12.2. The highest BCUT2D eigenvalue weighted by Crippen LogP contribution is 2.52. The van der Waals surface area contributed by atoms with Crippen LogP contribution in [0.1, 0.15) is 46.7 Å². The van der Waals surface area contributed by atoms with Crippen LogP contribution in [-0.4, -0.2) is 47.7 Å². The molecule has 3 N–H and O–H groups in total. The third-order valence-electron chi connectivity index (χ3n) is 7.65. The molecule has 13 heteroatoms. The van der Waals surface area contributed by atoms with E-state index in [1.807, 2.05) is 0 Å². The van der Waals surface area contributed by atoms with Crippen molar-refractivity contribution in [2.45, 2.75) is 41.4 Å². The average Bonchev–Trinajstić information content (AvgIpc) is 3.47. The Bertz CT molecular complexity index is 1520. The van der Waals surface area contributed by atoms with Crippen LogP contribution in [0, 0.1) is 23.5 Å². The minimum atomic E-state index is -4.02. The van der Waals surface area contributed by atoms with Gasteiger partial charge in [-0.3, -0.25) is 9.59 Å². The largest absolute Gasteiger partial charge is 0.441 e. The molecular formula is C26H24ClF2N3O6S. The predicted molar refractivity (Wildman–Crippen MR) is 136 cm³/mol. The molecule has 39 heavy (non-hydrogen) atoms. The first-order valence-corrected chi connectivity index (χ1v) is 14.1. The summed E-state index contributed by atoms with van der Waals surface area (Å²) in [6.45, 7) is -0.0727. The molecule has 2 amide bonds. The lowest BCUT2D eigenvalue weighted by molar-refractivity contribution is -0.0550. The van der Waals surface area contributed by atoms with Gasteiger partial charge in [0.15, 0.2) is 21.5 Å². The molecule has 0 saturated heterocycles. The van der Waals surface area contributed by atoms with Crippen LogP contribution in [0.3, 0.4) is 0 Å². The van der Waals surface area contributed by atoms with Crippen molar-refractivity contribution in [3.63, 3.8) is 0 Å². The molecule has 0 radical (unpaired) electrons. The molecule has 0 spiro atoms. The number of carbonyl (C=O) groups excluding carboxylic acids is 2. The van der Waals surface area contributed by atoms with E-state index in [0.717, 1.165) is 18.2 Å². The lowest BCUT2D eigenvalue weighted by Crippen LogP contribution is -2.54. The van der Waals surface area contributed by atoms with Gasteiger partial charge < -0.3 is 20.2 Å². The Hall–Kier alpha value is -3.35. The van der Waals surface area contributed by atoms with E-state index in [9.17, 15) is 31.9 Å². The molecule has 0 aliphatic heterocycles. The van der Waals surface area contributed by atoms with Gasteiger partial charge in [-0.05, 0) is 67.9 Å². The molecule has 3 aromatic rings. The summed E-state index contributed by atoms with van der Waals surface area (Å²) >= 11 is 6.27. The van der Waals surface area contributed by atoms with Gasteiger partial charge in [-0.25, -0.2) is 22.2 Å². The Morgan fingerprint density at radius 1 is 1.08 bits per heavy atom. The zero-order chi connectivity index (χ0) is 27.9. The number of halogens is 3. The molecule has 1 heterocycles. The first-order chi connectivity index (χ1) is 18.5. The van der Waals surface area contributed by atoms with Gasteiger partial charge in [0.1, 0.15) is 6.26 Å². The Balaban J connectivity index is 1.32. The van der Waals surface area contributed by atoms with Gasteiger partial charge in [0.25, 0.3) is 11.8 Å². The van der Waals surface area contributed by atoms with Gasteiger partial charge in [-0.2, -0.15) is 0 Å². The van der Waals surface area contributed by atoms with E-state index in [2.05, 4.69) is 15.6 Å². The van der Waals surface area contributed by atoms with Crippen LogP contribution in [0.5, 0.6) is 0 Å². The van der Waals surface area contributed by atoms with Crippen LogP contribution >= 0.6 is 11.6 Å². The summed E-state index contributed by atoms with van der Waals surface area (Å²) in [4.78, 5) is 28.5. The third-order valence-corrected chi connectivity index (χ3v) is 10.3. The number of amides is 2. The van der Waals surface area contributed by atoms with Crippen LogP contribution in [-0.2, 0) is 9.84 Å². The summed E-state index contributed by atoms with van der Waals surface area (Å²) in [6.07, 6.45) is 4.06. The summed E-state index contributed by atoms with van der Waals surface area (Å²) in [6, 6.07) is 6.63. The number of rotatable bonds is 7. The summed E-state index contributed by atoms with van der Waals surface area (Å²) in [5, 5.41) is 15.5. The smallest absolute Gasteiger partial charge is 0.307 e. The van der Waals surface area contributed by atoms with E-state index in [0.29, 0.717) is 12.8 Å². The number of fused-ring (bicyclic) bond motifs is 2. The Morgan fingerprint density at radius 2 is 1.79 bits per heavy atom. The van der Waals surface area contributed by atoms with Gasteiger partial charge in [-0.1, -0.05) is 11.6 Å². The van der Waals surface area contributed by atoms with Crippen LogP contribution in [0.15, 0.2) is 58.2 Å². The van der Waals surface area contributed by atoms with E-state index in [4.69, 9.17) is 16.0 Å². The molecule has 2 atom stereocenters. The van der Waals surface area contributed by atoms with Crippen molar-refractivity contribution in [3.8, 4) is 0 Å². The molecule has 5 rings (SSSR count). The maximum absolute atomic E-state index is 13.7. The number of hydrogen-bond donors (Lipinski definition) is 3. The molecule has 2 saturated carbocycles.